The van der Waals surface area contributed by atoms with E-state index in [1.54, 1.807) is 41.0 Å². The van der Waals surface area contributed by atoms with Crippen molar-refractivity contribution in [3.8, 4) is 0 Å². The van der Waals surface area contributed by atoms with E-state index in [1.807, 2.05) is 19.1 Å². The summed E-state index contributed by atoms with van der Waals surface area (Å²) in [5.41, 5.74) is 8.05. The Morgan fingerprint density at radius 3 is 2.18 bits per heavy atom. The second kappa shape index (κ2) is 15.8. The number of aryl methyl sites for hydroxylation is 1. The number of H-pyrrole nitrogens is 1. The van der Waals surface area contributed by atoms with Crippen LogP contribution in [0.15, 0.2) is 59.7 Å². The van der Waals surface area contributed by atoms with Gasteiger partial charge in [0.25, 0.3) is 5.56 Å². The van der Waals surface area contributed by atoms with Crippen LogP contribution in [0.25, 0.3) is 16.0 Å². The third kappa shape index (κ3) is 9.36. The van der Waals surface area contributed by atoms with E-state index in [2.05, 4.69) is 19.8 Å². The molecule has 1 unspecified atom stereocenters. The van der Waals surface area contributed by atoms with E-state index in [1.165, 1.54) is 6.33 Å². The van der Waals surface area contributed by atoms with Crippen molar-refractivity contribution in [1.29, 1.82) is 0 Å². The van der Waals surface area contributed by atoms with Crippen molar-refractivity contribution in [3.63, 3.8) is 0 Å². The van der Waals surface area contributed by atoms with Crippen molar-refractivity contribution < 1.29 is 27.9 Å². The Morgan fingerprint density at radius 1 is 1.00 bits per heavy atom. The average molecular weight is 657 g/mol. The summed E-state index contributed by atoms with van der Waals surface area (Å²) in [7, 11) is -3.79. The summed E-state index contributed by atoms with van der Waals surface area (Å²) >= 11 is 2.02. The van der Waals surface area contributed by atoms with Crippen LogP contribution >= 0.6 is 31.1 Å². The number of ether oxygens (including phenoxy) is 1. The van der Waals surface area contributed by atoms with Gasteiger partial charge in [-0.25, -0.2) is 9.83 Å². The van der Waals surface area contributed by atoms with Gasteiger partial charge in [0.2, 0.25) is 16.2 Å². The number of carbonyl (C=O) groups excluding carboxylic acids is 2. The number of hydrogen-bond acceptors (Lipinski definition) is 12. The van der Waals surface area contributed by atoms with Crippen molar-refractivity contribution in [1.82, 2.24) is 19.5 Å². The van der Waals surface area contributed by atoms with Crippen molar-refractivity contribution in [2.24, 2.45) is 0 Å². The molecule has 0 aliphatic rings. The summed E-state index contributed by atoms with van der Waals surface area (Å²) in [5.74, 6) is 0.378. The van der Waals surface area contributed by atoms with Gasteiger partial charge in [-0.15, -0.1) is 0 Å². The molecule has 0 aliphatic heterocycles. The van der Waals surface area contributed by atoms with Gasteiger partial charge in [0.15, 0.2) is 16.9 Å². The number of anilines is 1. The molecule has 0 fully saturated rings. The first-order chi connectivity index (χ1) is 21.2. The lowest BCUT2D eigenvalue weighted by atomic mass is 10.2. The average Bonchev–Trinajstić information content (AvgIpc) is 3.43. The van der Waals surface area contributed by atoms with Gasteiger partial charge in [-0.2, -0.15) is 4.98 Å². The summed E-state index contributed by atoms with van der Waals surface area (Å²) in [6, 6.07) is 13.5. The Morgan fingerprint density at radius 2 is 1.59 bits per heavy atom. The number of nitrogens with zero attached hydrogens (tertiary/aromatic N) is 4. The van der Waals surface area contributed by atoms with E-state index >= 15 is 0 Å². The number of benzene rings is 2. The van der Waals surface area contributed by atoms with Crippen LogP contribution in [0.5, 0.6) is 0 Å². The molecule has 4 aromatic rings. The molecular formula is C28H29N6O7PS2. The Bertz CT molecular complexity index is 1750. The number of carbonyl (C=O) groups is 2. The lowest BCUT2D eigenvalue weighted by molar-refractivity contribution is 0.108. The summed E-state index contributed by atoms with van der Waals surface area (Å²) in [5, 5.41) is -0.357. The highest BCUT2D eigenvalue weighted by Gasteiger charge is 2.26. The van der Waals surface area contributed by atoms with Crippen LogP contribution in [0.4, 0.5) is 11.6 Å². The first-order valence-corrected chi connectivity index (χ1v) is 16.9. The fourth-order valence-electron chi connectivity index (χ4n) is 3.74. The smallest absolute Gasteiger partial charge is 0.356 e. The normalized spacial score (nSPS) is 12.5. The monoisotopic (exact) mass is 656 g/mol. The van der Waals surface area contributed by atoms with Crippen LogP contribution < -0.4 is 11.3 Å². The number of imidazole rings is 1. The minimum atomic E-state index is -3.79. The molecule has 0 radical (unpaired) electrons. The van der Waals surface area contributed by atoms with Crippen molar-refractivity contribution in [2.45, 2.75) is 13.5 Å². The molecule has 0 saturated heterocycles. The van der Waals surface area contributed by atoms with E-state index < -0.39 is 13.2 Å². The molecule has 3 N–H and O–H groups in total. The van der Waals surface area contributed by atoms with Crippen molar-refractivity contribution >= 4 is 64.1 Å². The fourth-order valence-corrected chi connectivity index (χ4v) is 6.61. The molecule has 0 bridgehead atoms. The third-order valence-electron chi connectivity index (χ3n) is 5.95. The van der Waals surface area contributed by atoms with Crippen molar-refractivity contribution in [2.75, 3.05) is 43.4 Å². The van der Waals surface area contributed by atoms with Gasteiger partial charge in [0.05, 0.1) is 32.7 Å². The van der Waals surface area contributed by atoms with Crippen molar-refractivity contribution in [3.05, 3.63) is 93.3 Å². The third-order valence-corrected chi connectivity index (χ3v) is 9.34. The van der Waals surface area contributed by atoms with Gasteiger partial charge in [0.1, 0.15) is 6.35 Å². The summed E-state index contributed by atoms with van der Waals surface area (Å²) in [6.45, 7) is 9.13. The maximum absolute atomic E-state index is 13.5. The molecule has 16 heteroatoms. The van der Waals surface area contributed by atoms with E-state index in [0.717, 1.165) is 29.1 Å². The SMILES string of the molecule is [C-]#[N+]c1ccc(C(=O)SCCOP(=O)(COCCn2cnc3c(=O)[nH]c(N)nc32)OCCSC(=O)c2ccc(C)cc2)cc1. The highest BCUT2D eigenvalue weighted by Crippen LogP contribution is 2.48. The van der Waals surface area contributed by atoms with Gasteiger partial charge in [-0.3, -0.25) is 23.9 Å². The number of nitrogen functional groups attached to an aromatic ring is 1. The van der Waals surface area contributed by atoms with Crippen LogP contribution in [0.2, 0.25) is 0 Å². The zero-order valence-electron chi connectivity index (χ0n) is 23.6. The molecule has 44 heavy (non-hydrogen) atoms. The Hall–Kier alpha value is -3.77. The van der Waals surface area contributed by atoms with Gasteiger partial charge in [0, 0.05) is 29.2 Å². The molecule has 2 aromatic carbocycles. The number of fused-ring (bicyclic) bond motifs is 1. The number of hydrogen-bond donors (Lipinski definition) is 2. The molecule has 2 aromatic heterocycles. The minimum Gasteiger partial charge on any atom is -0.369 e. The quantitative estimate of drug-likeness (QED) is 0.101. The molecule has 0 aliphatic carbocycles. The fraction of sp³-hybridized carbons (Fsp3) is 0.286. The Balaban J connectivity index is 1.30. The van der Waals surface area contributed by atoms with E-state index in [9.17, 15) is 18.9 Å². The maximum atomic E-state index is 13.5. The lowest BCUT2D eigenvalue weighted by Gasteiger charge is -2.18. The largest absolute Gasteiger partial charge is 0.369 e. The number of nitrogens with one attached hydrogen (secondary N) is 1. The summed E-state index contributed by atoms with van der Waals surface area (Å²) in [6.07, 6.45) is 1.04. The predicted molar refractivity (Wildman–Crippen MR) is 170 cm³/mol. The number of nitrogens with two attached hydrogens (primary N) is 1. The van der Waals surface area contributed by atoms with Crippen LogP contribution in [0, 0.1) is 13.5 Å². The standard InChI is InChI=1S/C28H29N6O7PS2/c1-19-3-5-20(6-4-19)26(36)43-15-13-40-42(38,41-14-16-44-27(37)21-7-9-22(30-2)10-8-21)18-39-12-11-34-17-31-23-24(34)32-28(29)33-25(23)35/h3-10,17H,11-16,18H2,1H3,(H3,29,32,33,35). The van der Waals surface area contributed by atoms with E-state index in [0.29, 0.717) is 16.8 Å². The Labute approximate surface area is 261 Å². The molecule has 230 valence electrons. The topological polar surface area (TPSA) is 173 Å². The molecular weight excluding hydrogens is 627 g/mol. The number of aromatic nitrogens is 4. The van der Waals surface area contributed by atoms with Gasteiger partial charge >= 0.3 is 7.60 Å². The van der Waals surface area contributed by atoms with Crippen LogP contribution in [-0.2, 0) is 24.9 Å². The van der Waals surface area contributed by atoms with Crippen LogP contribution in [0.1, 0.15) is 26.3 Å². The predicted octanol–water partition coefficient (Wildman–Crippen LogP) is 4.91. The molecule has 2 heterocycles. The second-order valence-corrected chi connectivity index (χ2v) is 13.3. The Kier molecular flexibility index (Phi) is 11.9. The molecule has 4 rings (SSSR count). The highest BCUT2D eigenvalue weighted by molar-refractivity contribution is 8.14. The summed E-state index contributed by atoms with van der Waals surface area (Å²) in [4.78, 5) is 50.7. The van der Waals surface area contributed by atoms with Gasteiger partial charge in [-0.05, 0) is 6.92 Å². The van der Waals surface area contributed by atoms with Gasteiger partial charge in [-0.1, -0.05) is 77.6 Å². The number of thioether (sulfide) groups is 2. The molecule has 0 spiro atoms. The number of rotatable bonds is 15. The van der Waals surface area contributed by atoms with Gasteiger partial charge < -0.3 is 24.1 Å². The number of aromatic amines is 1. The molecule has 13 nitrogen and oxygen atoms in total. The zero-order valence-corrected chi connectivity index (χ0v) is 26.2. The van der Waals surface area contributed by atoms with Crippen LogP contribution in [0.3, 0.4) is 0 Å². The minimum absolute atomic E-state index is 0.0412. The lowest BCUT2D eigenvalue weighted by Crippen LogP contribution is -2.14. The van der Waals surface area contributed by atoms with E-state index in [4.69, 9.17) is 26.1 Å². The summed E-state index contributed by atoms with van der Waals surface area (Å²) < 4.78 is 32.0. The maximum Gasteiger partial charge on any atom is 0.356 e. The van der Waals surface area contributed by atoms with E-state index in [-0.39, 0.29) is 71.6 Å². The zero-order chi connectivity index (χ0) is 31.5. The molecule has 0 saturated carbocycles. The first kappa shape index (κ1) is 33.1. The second-order valence-electron chi connectivity index (χ2n) is 9.17. The first-order valence-electron chi connectivity index (χ1n) is 13.2. The molecule has 1 atom stereocenters. The highest BCUT2D eigenvalue weighted by atomic mass is 32.2. The molecule has 0 amide bonds. The van der Waals surface area contributed by atoms with Crippen LogP contribution in [-0.4, -0.2) is 67.4 Å².